The van der Waals surface area contributed by atoms with Crippen LogP contribution in [0.4, 0.5) is 8.78 Å². The Hall–Kier alpha value is -1.03. The summed E-state index contributed by atoms with van der Waals surface area (Å²) in [5, 5.41) is 8.79. The summed E-state index contributed by atoms with van der Waals surface area (Å²) in [7, 11) is 0. The molecule has 0 aliphatic heterocycles. The van der Waals surface area contributed by atoms with E-state index in [1.165, 1.54) is 6.07 Å². The quantitative estimate of drug-likeness (QED) is 0.769. The van der Waals surface area contributed by atoms with Gasteiger partial charge in [0.15, 0.2) is 0 Å². The van der Waals surface area contributed by atoms with Gasteiger partial charge in [-0.3, -0.25) is 4.98 Å². The van der Waals surface area contributed by atoms with Crippen LogP contribution in [0.2, 0.25) is 0 Å². The number of nitrogens with zero attached hydrogens (tertiary/aromatic N) is 1. The number of aromatic nitrogens is 1. The normalized spacial score (nSPS) is 10.9. The highest BCUT2D eigenvalue weighted by atomic mass is 19.3. The third kappa shape index (κ3) is 2.01. The molecule has 72 valence electrons. The molecule has 0 saturated heterocycles. The Morgan fingerprint density at radius 1 is 1.46 bits per heavy atom. The van der Waals surface area contributed by atoms with E-state index in [4.69, 9.17) is 5.11 Å². The minimum absolute atomic E-state index is 0.0677. The number of rotatable bonds is 2. The Balaban J connectivity index is 3.25. The second-order valence-corrected chi connectivity index (χ2v) is 2.89. The van der Waals surface area contributed by atoms with Crippen molar-refractivity contribution in [2.45, 2.75) is 26.9 Å². The Morgan fingerprint density at radius 3 is 2.54 bits per heavy atom. The average Bonchev–Trinajstić information content (AvgIpc) is 2.08. The fourth-order valence-electron chi connectivity index (χ4n) is 1.09. The second kappa shape index (κ2) is 3.79. The summed E-state index contributed by atoms with van der Waals surface area (Å²) in [6.07, 6.45) is -2.58. The third-order valence-electron chi connectivity index (χ3n) is 1.96. The van der Waals surface area contributed by atoms with Gasteiger partial charge in [-0.2, -0.15) is 0 Å². The van der Waals surface area contributed by atoms with Crippen LogP contribution in [-0.4, -0.2) is 10.1 Å². The predicted octanol–water partition coefficient (Wildman–Crippen LogP) is 2.13. The molecule has 1 N–H and O–H groups in total. The van der Waals surface area contributed by atoms with Crippen molar-refractivity contribution in [2.24, 2.45) is 0 Å². The van der Waals surface area contributed by atoms with Crippen LogP contribution in [0.3, 0.4) is 0 Å². The number of hydrogen-bond donors (Lipinski definition) is 1. The molecule has 0 unspecified atom stereocenters. The van der Waals surface area contributed by atoms with Crippen molar-refractivity contribution in [1.82, 2.24) is 4.98 Å². The lowest BCUT2D eigenvalue weighted by molar-refractivity contribution is 0.146. The van der Waals surface area contributed by atoms with Crippen molar-refractivity contribution < 1.29 is 13.9 Å². The maximum atomic E-state index is 12.4. The van der Waals surface area contributed by atoms with E-state index in [0.717, 1.165) is 0 Å². The van der Waals surface area contributed by atoms with E-state index < -0.39 is 13.0 Å². The van der Waals surface area contributed by atoms with Gasteiger partial charge >= 0.3 is 0 Å². The number of pyridine rings is 1. The van der Waals surface area contributed by atoms with Crippen molar-refractivity contribution in [3.63, 3.8) is 0 Å². The highest BCUT2D eigenvalue weighted by Crippen LogP contribution is 2.23. The van der Waals surface area contributed by atoms with Crippen LogP contribution in [0.1, 0.15) is 28.9 Å². The van der Waals surface area contributed by atoms with E-state index >= 15 is 0 Å². The zero-order chi connectivity index (χ0) is 10.0. The third-order valence-corrected chi connectivity index (χ3v) is 1.96. The van der Waals surface area contributed by atoms with E-state index in [0.29, 0.717) is 11.3 Å². The van der Waals surface area contributed by atoms with Crippen molar-refractivity contribution >= 4 is 0 Å². The summed E-state index contributed by atoms with van der Waals surface area (Å²) < 4.78 is 24.8. The SMILES string of the molecule is Cc1cc(C(F)F)c(CO)nc1C. The molecule has 0 aliphatic carbocycles. The molecule has 0 atom stereocenters. The molecular formula is C9H11F2NO. The number of aryl methyl sites for hydroxylation is 2. The number of aliphatic hydroxyl groups excluding tert-OH is 1. The van der Waals surface area contributed by atoms with E-state index in [1.807, 2.05) is 0 Å². The molecule has 0 bridgehead atoms. The molecular weight excluding hydrogens is 176 g/mol. The molecule has 1 aromatic rings. The van der Waals surface area contributed by atoms with E-state index in [1.54, 1.807) is 13.8 Å². The first-order valence-corrected chi connectivity index (χ1v) is 3.92. The minimum Gasteiger partial charge on any atom is -0.390 e. The van der Waals surface area contributed by atoms with Crippen LogP contribution in [0.5, 0.6) is 0 Å². The van der Waals surface area contributed by atoms with Gasteiger partial charge in [-0.15, -0.1) is 0 Å². The van der Waals surface area contributed by atoms with Gasteiger partial charge < -0.3 is 5.11 Å². The Labute approximate surface area is 75.2 Å². The highest BCUT2D eigenvalue weighted by molar-refractivity contribution is 5.29. The molecule has 4 heteroatoms. The van der Waals surface area contributed by atoms with Crippen molar-refractivity contribution in [3.8, 4) is 0 Å². The fourth-order valence-corrected chi connectivity index (χ4v) is 1.09. The second-order valence-electron chi connectivity index (χ2n) is 2.89. The van der Waals surface area contributed by atoms with Gasteiger partial charge in [-0.05, 0) is 25.5 Å². The van der Waals surface area contributed by atoms with E-state index in [-0.39, 0.29) is 11.3 Å². The lowest BCUT2D eigenvalue weighted by Crippen LogP contribution is -2.02. The average molecular weight is 187 g/mol. The zero-order valence-corrected chi connectivity index (χ0v) is 7.51. The van der Waals surface area contributed by atoms with Gasteiger partial charge in [0, 0.05) is 11.3 Å². The summed E-state index contributed by atoms with van der Waals surface area (Å²) in [5.74, 6) is 0. The van der Waals surface area contributed by atoms with Crippen LogP contribution in [0.15, 0.2) is 6.07 Å². The zero-order valence-electron chi connectivity index (χ0n) is 7.51. The van der Waals surface area contributed by atoms with Gasteiger partial charge in [-0.1, -0.05) is 0 Å². The van der Waals surface area contributed by atoms with Crippen LogP contribution < -0.4 is 0 Å². The standard InChI is InChI=1S/C9H11F2NO/c1-5-3-7(9(10)11)8(4-13)12-6(5)2/h3,9,13H,4H2,1-2H3. The Morgan fingerprint density at radius 2 is 2.08 bits per heavy atom. The molecule has 0 aliphatic rings. The maximum Gasteiger partial charge on any atom is 0.265 e. The molecule has 1 heterocycles. The summed E-state index contributed by atoms with van der Waals surface area (Å²) in [6, 6.07) is 1.37. The molecule has 2 nitrogen and oxygen atoms in total. The minimum atomic E-state index is -2.58. The number of hydrogen-bond acceptors (Lipinski definition) is 2. The van der Waals surface area contributed by atoms with Crippen LogP contribution in [-0.2, 0) is 6.61 Å². The lowest BCUT2D eigenvalue weighted by atomic mass is 10.1. The topological polar surface area (TPSA) is 33.1 Å². The molecule has 13 heavy (non-hydrogen) atoms. The van der Waals surface area contributed by atoms with Gasteiger partial charge in [0.1, 0.15) is 0 Å². The molecule has 1 rings (SSSR count). The number of halogens is 2. The molecule has 0 amide bonds. The van der Waals surface area contributed by atoms with Gasteiger partial charge in [0.2, 0.25) is 0 Å². The molecule has 0 spiro atoms. The first-order chi connectivity index (χ1) is 6.06. The summed E-state index contributed by atoms with van der Waals surface area (Å²) in [6.45, 7) is 3.00. The van der Waals surface area contributed by atoms with E-state index in [2.05, 4.69) is 4.98 Å². The van der Waals surface area contributed by atoms with Gasteiger partial charge in [-0.25, -0.2) is 8.78 Å². The molecule has 0 saturated carbocycles. The fraction of sp³-hybridized carbons (Fsp3) is 0.444. The highest BCUT2D eigenvalue weighted by Gasteiger charge is 2.14. The lowest BCUT2D eigenvalue weighted by Gasteiger charge is -2.08. The van der Waals surface area contributed by atoms with Crippen molar-refractivity contribution in [3.05, 3.63) is 28.6 Å². The first-order valence-electron chi connectivity index (χ1n) is 3.92. The Kier molecular flexibility index (Phi) is 2.93. The van der Waals surface area contributed by atoms with Crippen LogP contribution >= 0.6 is 0 Å². The van der Waals surface area contributed by atoms with Crippen molar-refractivity contribution in [1.29, 1.82) is 0 Å². The Bertz CT molecular complexity index is 313. The first kappa shape index (κ1) is 10.1. The summed E-state index contributed by atoms with van der Waals surface area (Å²) in [4.78, 5) is 3.88. The van der Waals surface area contributed by atoms with Crippen LogP contribution in [0, 0.1) is 13.8 Å². The van der Waals surface area contributed by atoms with Crippen LogP contribution in [0.25, 0.3) is 0 Å². The largest absolute Gasteiger partial charge is 0.390 e. The molecule has 1 aromatic heterocycles. The number of aliphatic hydroxyl groups is 1. The molecule has 0 fully saturated rings. The molecule has 0 radical (unpaired) electrons. The summed E-state index contributed by atoms with van der Waals surface area (Å²) in [5.41, 5.74) is 1.28. The predicted molar refractivity (Wildman–Crippen MR) is 44.6 cm³/mol. The van der Waals surface area contributed by atoms with Gasteiger partial charge in [0.25, 0.3) is 6.43 Å². The van der Waals surface area contributed by atoms with Gasteiger partial charge in [0.05, 0.1) is 12.3 Å². The monoisotopic (exact) mass is 187 g/mol. The van der Waals surface area contributed by atoms with Crippen molar-refractivity contribution in [2.75, 3.05) is 0 Å². The molecule has 0 aromatic carbocycles. The maximum absolute atomic E-state index is 12.4. The van der Waals surface area contributed by atoms with E-state index in [9.17, 15) is 8.78 Å². The number of alkyl halides is 2. The summed E-state index contributed by atoms with van der Waals surface area (Å²) >= 11 is 0. The smallest absolute Gasteiger partial charge is 0.265 e.